The number of hydrogen-bond donors (Lipinski definition) is 1. The lowest BCUT2D eigenvalue weighted by Gasteiger charge is -2.29. The molecular formula is C21H23Cl3N2O3. The first-order chi connectivity index (χ1) is 13.7. The molecule has 0 aromatic heterocycles. The van der Waals surface area contributed by atoms with Gasteiger partial charge in [-0.15, -0.1) is 0 Å². The summed E-state index contributed by atoms with van der Waals surface area (Å²) in [5.41, 5.74) is 0.673. The summed E-state index contributed by atoms with van der Waals surface area (Å²) in [5, 5.41) is 4.13. The first kappa shape index (κ1) is 23.3. The number of nitrogens with one attached hydrogen (secondary N) is 1. The topological polar surface area (TPSA) is 58.6 Å². The Morgan fingerprint density at radius 3 is 2.34 bits per heavy atom. The predicted molar refractivity (Wildman–Crippen MR) is 117 cm³/mol. The van der Waals surface area contributed by atoms with Crippen molar-refractivity contribution in [3.8, 4) is 5.75 Å². The molecule has 0 heterocycles. The lowest BCUT2D eigenvalue weighted by Crippen LogP contribution is -2.50. The molecule has 0 aliphatic carbocycles. The van der Waals surface area contributed by atoms with Gasteiger partial charge in [0.05, 0.1) is 5.02 Å². The molecule has 1 atom stereocenters. The predicted octanol–water partition coefficient (Wildman–Crippen LogP) is 4.97. The third-order valence-corrected chi connectivity index (χ3v) is 5.04. The van der Waals surface area contributed by atoms with Crippen LogP contribution < -0.4 is 10.1 Å². The number of para-hydroxylation sites is 1. The van der Waals surface area contributed by atoms with Crippen LogP contribution in [-0.2, 0) is 16.1 Å². The minimum atomic E-state index is -0.730. The van der Waals surface area contributed by atoms with E-state index in [-0.39, 0.29) is 31.0 Å². The van der Waals surface area contributed by atoms with Gasteiger partial charge in [0.2, 0.25) is 5.91 Å². The maximum atomic E-state index is 13.0. The first-order valence-corrected chi connectivity index (χ1v) is 10.2. The van der Waals surface area contributed by atoms with E-state index in [1.54, 1.807) is 49.4 Å². The highest BCUT2D eigenvalue weighted by molar-refractivity contribution is 6.35. The number of carbonyl (C=O) groups is 2. The third kappa shape index (κ3) is 6.81. The van der Waals surface area contributed by atoms with E-state index in [0.29, 0.717) is 26.4 Å². The van der Waals surface area contributed by atoms with Crippen LogP contribution in [0.15, 0.2) is 42.5 Å². The summed E-state index contributed by atoms with van der Waals surface area (Å²) in [6.45, 7) is 5.23. The average molecular weight is 458 g/mol. The van der Waals surface area contributed by atoms with Crippen molar-refractivity contribution in [1.29, 1.82) is 0 Å². The fourth-order valence-corrected chi connectivity index (χ4v) is 3.26. The summed E-state index contributed by atoms with van der Waals surface area (Å²) in [6, 6.07) is 11.1. The van der Waals surface area contributed by atoms with Crippen molar-refractivity contribution in [3.63, 3.8) is 0 Å². The molecular weight excluding hydrogens is 435 g/mol. The number of rotatable bonds is 8. The standard InChI is InChI=1S/C21H23Cl3N2O3/c1-13(2)25-21(28)14(3)26(11-15-8-9-16(22)10-18(15)24)20(27)12-29-19-7-5-4-6-17(19)23/h4-10,13-14H,11-12H2,1-3H3,(H,25,28). The van der Waals surface area contributed by atoms with Crippen LogP contribution >= 0.6 is 34.8 Å². The number of benzene rings is 2. The first-order valence-electron chi connectivity index (χ1n) is 9.10. The van der Waals surface area contributed by atoms with Crippen molar-refractivity contribution in [1.82, 2.24) is 10.2 Å². The van der Waals surface area contributed by atoms with Gasteiger partial charge in [0.25, 0.3) is 5.91 Å². The van der Waals surface area contributed by atoms with Crippen molar-refractivity contribution in [2.24, 2.45) is 0 Å². The number of nitrogens with zero attached hydrogens (tertiary/aromatic N) is 1. The molecule has 29 heavy (non-hydrogen) atoms. The minimum Gasteiger partial charge on any atom is -0.482 e. The molecule has 2 rings (SSSR count). The highest BCUT2D eigenvalue weighted by Gasteiger charge is 2.27. The Morgan fingerprint density at radius 2 is 1.72 bits per heavy atom. The molecule has 2 aromatic rings. The van der Waals surface area contributed by atoms with Crippen molar-refractivity contribution >= 4 is 46.6 Å². The molecule has 0 saturated heterocycles. The second kappa shape index (κ2) is 10.7. The van der Waals surface area contributed by atoms with E-state index in [4.69, 9.17) is 39.5 Å². The van der Waals surface area contributed by atoms with Gasteiger partial charge in [-0.3, -0.25) is 9.59 Å². The highest BCUT2D eigenvalue weighted by atomic mass is 35.5. The third-order valence-electron chi connectivity index (χ3n) is 4.14. The minimum absolute atomic E-state index is 0.0552. The van der Waals surface area contributed by atoms with Crippen LogP contribution in [0.25, 0.3) is 0 Å². The van der Waals surface area contributed by atoms with Gasteiger partial charge in [0.1, 0.15) is 11.8 Å². The molecule has 156 valence electrons. The highest BCUT2D eigenvalue weighted by Crippen LogP contribution is 2.25. The van der Waals surface area contributed by atoms with Crippen molar-refractivity contribution in [2.75, 3.05) is 6.61 Å². The smallest absolute Gasteiger partial charge is 0.261 e. The zero-order chi connectivity index (χ0) is 21.6. The number of amides is 2. The summed E-state index contributed by atoms with van der Waals surface area (Å²) in [6.07, 6.45) is 0. The zero-order valence-electron chi connectivity index (χ0n) is 16.4. The fraction of sp³-hybridized carbons (Fsp3) is 0.333. The molecule has 0 aliphatic rings. The Hall–Kier alpha value is -1.95. The largest absolute Gasteiger partial charge is 0.482 e. The molecule has 5 nitrogen and oxygen atoms in total. The van der Waals surface area contributed by atoms with Gasteiger partial charge in [-0.05, 0) is 50.6 Å². The molecule has 0 spiro atoms. The molecule has 2 amide bonds. The number of carbonyl (C=O) groups excluding carboxylic acids is 2. The van der Waals surface area contributed by atoms with E-state index in [9.17, 15) is 9.59 Å². The second-order valence-corrected chi connectivity index (χ2v) is 8.07. The van der Waals surface area contributed by atoms with Crippen LogP contribution in [0.4, 0.5) is 0 Å². The molecule has 1 unspecified atom stereocenters. The van der Waals surface area contributed by atoms with Gasteiger partial charge >= 0.3 is 0 Å². The summed E-state index contributed by atoms with van der Waals surface area (Å²) in [4.78, 5) is 26.9. The normalized spacial score (nSPS) is 11.8. The molecule has 0 saturated carbocycles. The van der Waals surface area contributed by atoms with E-state index in [1.165, 1.54) is 4.90 Å². The quantitative estimate of drug-likeness (QED) is 0.609. The van der Waals surface area contributed by atoms with Gasteiger partial charge in [-0.2, -0.15) is 0 Å². The van der Waals surface area contributed by atoms with Crippen LogP contribution in [-0.4, -0.2) is 35.4 Å². The molecule has 0 aliphatic heterocycles. The number of hydrogen-bond acceptors (Lipinski definition) is 3. The van der Waals surface area contributed by atoms with Crippen LogP contribution in [0.3, 0.4) is 0 Å². The van der Waals surface area contributed by atoms with E-state index >= 15 is 0 Å². The molecule has 0 radical (unpaired) electrons. The Bertz CT molecular complexity index is 874. The lowest BCUT2D eigenvalue weighted by molar-refractivity contribution is -0.142. The lowest BCUT2D eigenvalue weighted by atomic mass is 10.1. The maximum absolute atomic E-state index is 13.0. The van der Waals surface area contributed by atoms with Crippen molar-refractivity contribution in [3.05, 3.63) is 63.1 Å². The monoisotopic (exact) mass is 456 g/mol. The van der Waals surface area contributed by atoms with Crippen molar-refractivity contribution in [2.45, 2.75) is 39.4 Å². The second-order valence-electron chi connectivity index (χ2n) is 6.82. The van der Waals surface area contributed by atoms with Crippen LogP contribution in [0, 0.1) is 0 Å². The van der Waals surface area contributed by atoms with E-state index in [2.05, 4.69) is 5.32 Å². The van der Waals surface area contributed by atoms with Gasteiger partial charge in [0, 0.05) is 22.6 Å². The van der Waals surface area contributed by atoms with E-state index in [1.807, 2.05) is 13.8 Å². The Labute approximate surface area is 185 Å². The van der Waals surface area contributed by atoms with Gasteiger partial charge in [0.15, 0.2) is 6.61 Å². The van der Waals surface area contributed by atoms with Gasteiger partial charge < -0.3 is 15.0 Å². The van der Waals surface area contributed by atoms with Gasteiger partial charge in [-0.25, -0.2) is 0 Å². The summed E-state index contributed by atoms with van der Waals surface area (Å²) < 4.78 is 5.57. The number of halogens is 3. The number of ether oxygens (including phenoxy) is 1. The molecule has 0 fully saturated rings. The van der Waals surface area contributed by atoms with Gasteiger partial charge in [-0.1, -0.05) is 53.0 Å². The average Bonchev–Trinajstić information content (AvgIpc) is 2.65. The Balaban J connectivity index is 2.21. The fourth-order valence-electron chi connectivity index (χ4n) is 2.61. The van der Waals surface area contributed by atoms with E-state index in [0.717, 1.165) is 0 Å². The Kier molecular flexibility index (Phi) is 8.62. The molecule has 2 aromatic carbocycles. The zero-order valence-corrected chi connectivity index (χ0v) is 18.7. The molecule has 1 N–H and O–H groups in total. The van der Waals surface area contributed by atoms with Crippen LogP contribution in [0.2, 0.25) is 15.1 Å². The summed E-state index contributed by atoms with van der Waals surface area (Å²) in [5.74, 6) is -0.246. The Morgan fingerprint density at radius 1 is 1.03 bits per heavy atom. The van der Waals surface area contributed by atoms with E-state index < -0.39 is 6.04 Å². The SMILES string of the molecule is CC(C)NC(=O)C(C)N(Cc1ccc(Cl)cc1Cl)C(=O)COc1ccccc1Cl. The molecule has 8 heteroatoms. The summed E-state index contributed by atoms with van der Waals surface area (Å²) >= 11 is 18.3. The van der Waals surface area contributed by atoms with Crippen LogP contribution in [0.5, 0.6) is 5.75 Å². The van der Waals surface area contributed by atoms with Crippen molar-refractivity contribution < 1.29 is 14.3 Å². The maximum Gasteiger partial charge on any atom is 0.261 e. The summed E-state index contributed by atoms with van der Waals surface area (Å²) in [7, 11) is 0. The molecule has 0 bridgehead atoms. The van der Waals surface area contributed by atoms with Crippen LogP contribution in [0.1, 0.15) is 26.3 Å².